The molecule has 0 radical (unpaired) electrons. The number of hydrogen-bond acceptors (Lipinski definition) is 2. The molecule has 2 aromatic carbocycles. The molecule has 0 saturated heterocycles. The Morgan fingerprint density at radius 3 is 2.22 bits per heavy atom. The summed E-state index contributed by atoms with van der Waals surface area (Å²) in [5, 5.41) is 6.21. The minimum Gasteiger partial charge on any atom is -0.376 e. The maximum atomic E-state index is 12.2. The highest BCUT2D eigenvalue weighted by molar-refractivity contribution is 5.94. The van der Waals surface area contributed by atoms with Crippen molar-refractivity contribution < 1.29 is 4.79 Å². The highest BCUT2D eigenvalue weighted by Gasteiger charge is 2.17. The van der Waals surface area contributed by atoms with Crippen molar-refractivity contribution in [2.45, 2.75) is 40.0 Å². The van der Waals surface area contributed by atoms with Gasteiger partial charge in [-0.3, -0.25) is 4.79 Å². The van der Waals surface area contributed by atoms with Crippen molar-refractivity contribution in [1.82, 2.24) is 0 Å². The number of nitrogens with one attached hydrogen (secondary N) is 2. The lowest BCUT2D eigenvalue weighted by Crippen LogP contribution is -2.23. The second-order valence-electron chi connectivity index (χ2n) is 7.07. The van der Waals surface area contributed by atoms with Gasteiger partial charge in [0.05, 0.1) is 6.54 Å². The maximum Gasteiger partial charge on any atom is 0.243 e. The molecule has 23 heavy (non-hydrogen) atoms. The zero-order valence-corrected chi connectivity index (χ0v) is 14.7. The number of aryl methyl sites for hydroxylation is 2. The van der Waals surface area contributed by atoms with Crippen LogP contribution >= 0.6 is 0 Å². The van der Waals surface area contributed by atoms with Crippen LogP contribution < -0.4 is 10.6 Å². The highest BCUT2D eigenvalue weighted by atomic mass is 16.1. The molecule has 0 saturated carbocycles. The largest absolute Gasteiger partial charge is 0.376 e. The van der Waals surface area contributed by atoms with Crippen molar-refractivity contribution in [3.05, 3.63) is 59.2 Å². The predicted molar refractivity (Wildman–Crippen MR) is 98.2 cm³/mol. The van der Waals surface area contributed by atoms with E-state index in [2.05, 4.69) is 43.5 Å². The standard InChI is InChI=1S/C20H26N2O/c1-14-10-15(2)12-16(11-14)22-19(23)13-21-18-9-7-6-8-17(18)20(3,4)5/h6-12,21H,13H2,1-5H3,(H,22,23). The van der Waals surface area contributed by atoms with Crippen LogP contribution in [0.3, 0.4) is 0 Å². The van der Waals surface area contributed by atoms with Gasteiger partial charge in [-0.05, 0) is 54.2 Å². The molecule has 1 amide bonds. The molecule has 2 N–H and O–H groups in total. The first-order valence-electron chi connectivity index (χ1n) is 7.97. The molecule has 0 heterocycles. The summed E-state index contributed by atoms with van der Waals surface area (Å²) in [6, 6.07) is 14.2. The number of amides is 1. The lowest BCUT2D eigenvalue weighted by atomic mass is 9.86. The van der Waals surface area contributed by atoms with E-state index in [9.17, 15) is 4.79 Å². The molecule has 2 aromatic rings. The Bertz CT molecular complexity index is 679. The number of carbonyl (C=O) groups is 1. The summed E-state index contributed by atoms with van der Waals surface area (Å²) in [5.74, 6) is -0.0429. The van der Waals surface area contributed by atoms with Gasteiger partial charge in [0.2, 0.25) is 5.91 Å². The summed E-state index contributed by atoms with van der Waals surface area (Å²) in [6.45, 7) is 10.8. The number of para-hydroxylation sites is 1. The van der Waals surface area contributed by atoms with Crippen molar-refractivity contribution >= 4 is 17.3 Å². The zero-order valence-electron chi connectivity index (χ0n) is 14.7. The Hall–Kier alpha value is -2.29. The second kappa shape index (κ2) is 6.86. The number of carbonyl (C=O) groups excluding carboxylic acids is 1. The van der Waals surface area contributed by atoms with E-state index in [0.717, 1.165) is 22.5 Å². The van der Waals surface area contributed by atoms with Crippen molar-refractivity contribution in [1.29, 1.82) is 0 Å². The lowest BCUT2D eigenvalue weighted by molar-refractivity contribution is -0.114. The van der Waals surface area contributed by atoms with Crippen LogP contribution in [0.2, 0.25) is 0 Å². The van der Waals surface area contributed by atoms with Gasteiger partial charge in [0.15, 0.2) is 0 Å². The van der Waals surface area contributed by atoms with Crippen molar-refractivity contribution in [3.63, 3.8) is 0 Å². The van der Waals surface area contributed by atoms with E-state index in [4.69, 9.17) is 0 Å². The van der Waals surface area contributed by atoms with Gasteiger partial charge < -0.3 is 10.6 Å². The van der Waals surface area contributed by atoms with E-state index in [1.54, 1.807) is 0 Å². The van der Waals surface area contributed by atoms with Crippen molar-refractivity contribution in [3.8, 4) is 0 Å². The van der Waals surface area contributed by atoms with Crippen LogP contribution in [-0.4, -0.2) is 12.5 Å². The summed E-state index contributed by atoms with van der Waals surface area (Å²) < 4.78 is 0. The summed E-state index contributed by atoms with van der Waals surface area (Å²) in [4.78, 5) is 12.2. The molecule has 0 aliphatic heterocycles. The van der Waals surface area contributed by atoms with Gasteiger partial charge in [-0.1, -0.05) is 45.0 Å². The van der Waals surface area contributed by atoms with Crippen molar-refractivity contribution in [2.24, 2.45) is 0 Å². The first kappa shape index (κ1) is 17.1. The third-order valence-electron chi connectivity index (χ3n) is 3.68. The molecular formula is C20H26N2O. The van der Waals surface area contributed by atoms with E-state index in [1.165, 1.54) is 5.56 Å². The van der Waals surface area contributed by atoms with Crippen LogP contribution in [-0.2, 0) is 10.2 Å². The van der Waals surface area contributed by atoms with E-state index in [1.807, 2.05) is 44.2 Å². The average molecular weight is 310 g/mol. The third kappa shape index (κ3) is 4.85. The third-order valence-corrected chi connectivity index (χ3v) is 3.68. The fourth-order valence-electron chi connectivity index (χ4n) is 2.72. The molecule has 0 aliphatic rings. The van der Waals surface area contributed by atoms with Gasteiger partial charge in [0, 0.05) is 11.4 Å². The molecule has 0 fully saturated rings. The van der Waals surface area contributed by atoms with E-state index in [0.29, 0.717) is 0 Å². The van der Waals surface area contributed by atoms with E-state index in [-0.39, 0.29) is 17.9 Å². The molecular weight excluding hydrogens is 284 g/mol. The number of hydrogen-bond donors (Lipinski definition) is 2. The first-order chi connectivity index (χ1) is 10.8. The number of rotatable bonds is 4. The Balaban J connectivity index is 2.03. The van der Waals surface area contributed by atoms with E-state index >= 15 is 0 Å². The van der Waals surface area contributed by atoms with Crippen LogP contribution in [0.25, 0.3) is 0 Å². The van der Waals surface area contributed by atoms with Crippen LogP contribution in [0.15, 0.2) is 42.5 Å². The minimum absolute atomic E-state index is 0.0354. The summed E-state index contributed by atoms with van der Waals surface area (Å²) >= 11 is 0. The molecule has 122 valence electrons. The van der Waals surface area contributed by atoms with Gasteiger partial charge >= 0.3 is 0 Å². The van der Waals surface area contributed by atoms with Crippen LogP contribution in [0.1, 0.15) is 37.5 Å². The molecule has 0 spiro atoms. The smallest absolute Gasteiger partial charge is 0.243 e. The van der Waals surface area contributed by atoms with Gasteiger partial charge in [-0.2, -0.15) is 0 Å². The number of anilines is 2. The van der Waals surface area contributed by atoms with Gasteiger partial charge in [0.25, 0.3) is 0 Å². The lowest BCUT2D eigenvalue weighted by Gasteiger charge is -2.23. The first-order valence-corrected chi connectivity index (χ1v) is 7.97. The molecule has 0 atom stereocenters. The quantitative estimate of drug-likeness (QED) is 0.863. The fraction of sp³-hybridized carbons (Fsp3) is 0.350. The average Bonchev–Trinajstić information content (AvgIpc) is 2.43. The number of benzene rings is 2. The highest BCUT2D eigenvalue weighted by Crippen LogP contribution is 2.29. The molecule has 3 nitrogen and oxygen atoms in total. The molecule has 0 aromatic heterocycles. The van der Waals surface area contributed by atoms with Gasteiger partial charge in [-0.25, -0.2) is 0 Å². The Labute approximate surface area is 139 Å². The summed E-state index contributed by atoms with van der Waals surface area (Å²) in [5.41, 5.74) is 5.39. The van der Waals surface area contributed by atoms with Gasteiger partial charge in [-0.15, -0.1) is 0 Å². The summed E-state index contributed by atoms with van der Waals surface area (Å²) in [6.07, 6.45) is 0. The Kier molecular flexibility index (Phi) is 5.09. The SMILES string of the molecule is Cc1cc(C)cc(NC(=O)CNc2ccccc2C(C)(C)C)c1. The zero-order chi connectivity index (χ0) is 17.0. The molecule has 3 heteroatoms. The topological polar surface area (TPSA) is 41.1 Å². The van der Waals surface area contributed by atoms with Crippen molar-refractivity contribution in [2.75, 3.05) is 17.2 Å². The van der Waals surface area contributed by atoms with Crippen LogP contribution in [0.5, 0.6) is 0 Å². The minimum atomic E-state index is -0.0429. The molecule has 0 bridgehead atoms. The molecule has 2 rings (SSSR count). The molecule has 0 unspecified atom stereocenters. The Morgan fingerprint density at radius 2 is 1.61 bits per heavy atom. The second-order valence-corrected chi connectivity index (χ2v) is 7.07. The molecule has 0 aliphatic carbocycles. The summed E-state index contributed by atoms with van der Waals surface area (Å²) in [7, 11) is 0. The maximum absolute atomic E-state index is 12.2. The van der Waals surface area contributed by atoms with Crippen LogP contribution in [0.4, 0.5) is 11.4 Å². The Morgan fingerprint density at radius 1 is 1.00 bits per heavy atom. The van der Waals surface area contributed by atoms with Crippen LogP contribution in [0, 0.1) is 13.8 Å². The van der Waals surface area contributed by atoms with E-state index < -0.39 is 0 Å². The predicted octanol–water partition coefficient (Wildman–Crippen LogP) is 4.65. The van der Waals surface area contributed by atoms with Gasteiger partial charge in [0.1, 0.15) is 0 Å². The normalized spacial score (nSPS) is 11.2. The monoisotopic (exact) mass is 310 g/mol. The fourth-order valence-corrected chi connectivity index (χ4v) is 2.72.